The molecule has 1 N–H and O–H groups in total. The van der Waals surface area contributed by atoms with Crippen molar-refractivity contribution in [1.29, 1.82) is 0 Å². The fraction of sp³-hybridized carbons (Fsp3) is 0.583. The molecule has 0 atom stereocenters. The van der Waals surface area contributed by atoms with E-state index < -0.39 is 0 Å². The zero-order chi connectivity index (χ0) is 10.5. The van der Waals surface area contributed by atoms with Crippen LogP contribution in [0.3, 0.4) is 0 Å². The van der Waals surface area contributed by atoms with Crippen LogP contribution >= 0.6 is 15.9 Å². The van der Waals surface area contributed by atoms with Crippen LogP contribution in [0.2, 0.25) is 0 Å². The molecule has 0 aromatic carbocycles. The van der Waals surface area contributed by atoms with E-state index in [-0.39, 0.29) is 0 Å². The van der Waals surface area contributed by atoms with Gasteiger partial charge in [-0.2, -0.15) is 0 Å². The summed E-state index contributed by atoms with van der Waals surface area (Å²) in [4.78, 5) is 4.41. The van der Waals surface area contributed by atoms with Crippen LogP contribution in [0.4, 0.5) is 0 Å². The average molecular weight is 269 g/mol. The maximum Gasteiger partial charge on any atom is 0.106 e. The third-order valence-electron chi connectivity index (χ3n) is 2.95. The van der Waals surface area contributed by atoms with E-state index in [1.165, 1.54) is 32.1 Å². The summed E-state index contributed by atoms with van der Waals surface area (Å²) in [6.07, 6.45) is 6.82. The van der Waals surface area contributed by atoms with E-state index in [2.05, 4.69) is 32.3 Å². The van der Waals surface area contributed by atoms with Crippen molar-refractivity contribution >= 4 is 15.9 Å². The van der Waals surface area contributed by atoms with Crippen molar-refractivity contribution in [3.8, 4) is 0 Å². The van der Waals surface area contributed by atoms with Crippen LogP contribution in [0.5, 0.6) is 0 Å². The number of halogens is 1. The van der Waals surface area contributed by atoms with E-state index in [1.807, 2.05) is 12.1 Å². The Labute approximate surface area is 99.6 Å². The molecule has 82 valence electrons. The van der Waals surface area contributed by atoms with E-state index >= 15 is 0 Å². The number of hydrogen-bond donors (Lipinski definition) is 1. The minimum absolute atomic E-state index is 0.708. The topological polar surface area (TPSA) is 24.9 Å². The predicted molar refractivity (Wildman–Crippen MR) is 65.6 cm³/mol. The van der Waals surface area contributed by atoms with Crippen LogP contribution in [0, 0.1) is 0 Å². The Bertz CT molecular complexity index is 308. The molecule has 2 rings (SSSR count). The first-order valence-corrected chi connectivity index (χ1v) is 6.49. The number of rotatable bonds is 3. The lowest BCUT2D eigenvalue weighted by Crippen LogP contribution is -2.30. The molecule has 0 unspecified atom stereocenters. The van der Waals surface area contributed by atoms with Crippen molar-refractivity contribution in [2.24, 2.45) is 0 Å². The van der Waals surface area contributed by atoms with Gasteiger partial charge in [-0.25, -0.2) is 4.98 Å². The summed E-state index contributed by atoms with van der Waals surface area (Å²) in [6, 6.07) is 6.78. The number of pyridine rings is 1. The van der Waals surface area contributed by atoms with Gasteiger partial charge in [-0.3, -0.25) is 0 Å². The van der Waals surface area contributed by atoms with E-state index in [0.717, 1.165) is 16.8 Å². The van der Waals surface area contributed by atoms with E-state index in [4.69, 9.17) is 0 Å². The minimum Gasteiger partial charge on any atom is -0.308 e. The van der Waals surface area contributed by atoms with Crippen molar-refractivity contribution in [3.05, 3.63) is 28.5 Å². The normalized spacial score (nSPS) is 17.9. The van der Waals surface area contributed by atoms with Gasteiger partial charge < -0.3 is 5.32 Å². The molecule has 0 bridgehead atoms. The maximum atomic E-state index is 4.41. The molecule has 0 radical (unpaired) electrons. The highest BCUT2D eigenvalue weighted by atomic mass is 79.9. The van der Waals surface area contributed by atoms with Gasteiger partial charge in [-0.1, -0.05) is 25.3 Å². The number of nitrogens with zero attached hydrogens (tertiary/aromatic N) is 1. The molecule has 1 fully saturated rings. The quantitative estimate of drug-likeness (QED) is 0.852. The first kappa shape index (κ1) is 11.1. The van der Waals surface area contributed by atoms with Crippen LogP contribution in [-0.4, -0.2) is 11.0 Å². The molecule has 0 spiro atoms. The molecule has 3 heteroatoms. The lowest BCUT2D eigenvalue weighted by Gasteiger charge is -2.22. The molecule has 0 saturated heterocycles. The molecule has 1 aliphatic rings. The first-order valence-electron chi connectivity index (χ1n) is 5.69. The van der Waals surface area contributed by atoms with E-state index in [9.17, 15) is 0 Å². The van der Waals surface area contributed by atoms with Gasteiger partial charge in [0.1, 0.15) is 4.60 Å². The SMILES string of the molecule is Brc1cccc(CNC2CCCCC2)n1. The highest BCUT2D eigenvalue weighted by Crippen LogP contribution is 2.17. The van der Waals surface area contributed by atoms with Gasteiger partial charge in [-0.15, -0.1) is 0 Å². The Morgan fingerprint density at radius 1 is 1.27 bits per heavy atom. The third kappa shape index (κ3) is 3.58. The predicted octanol–water partition coefficient (Wildman–Crippen LogP) is 3.27. The van der Waals surface area contributed by atoms with Crippen LogP contribution in [0.25, 0.3) is 0 Å². The van der Waals surface area contributed by atoms with Gasteiger partial charge in [0.25, 0.3) is 0 Å². The summed E-state index contributed by atoms with van der Waals surface area (Å²) in [5.74, 6) is 0. The molecule has 0 amide bonds. The molecule has 2 nitrogen and oxygen atoms in total. The molecule has 1 saturated carbocycles. The smallest absolute Gasteiger partial charge is 0.106 e. The molecule has 1 heterocycles. The van der Waals surface area contributed by atoms with E-state index in [0.29, 0.717) is 6.04 Å². The van der Waals surface area contributed by atoms with E-state index in [1.54, 1.807) is 0 Å². The van der Waals surface area contributed by atoms with Gasteiger partial charge in [0, 0.05) is 12.6 Å². The Morgan fingerprint density at radius 3 is 2.80 bits per heavy atom. The molecular formula is C12H17BrN2. The van der Waals surface area contributed by atoms with Crippen molar-refractivity contribution in [1.82, 2.24) is 10.3 Å². The number of nitrogens with one attached hydrogen (secondary N) is 1. The fourth-order valence-electron chi connectivity index (χ4n) is 2.10. The molecule has 1 aliphatic carbocycles. The van der Waals surface area contributed by atoms with Gasteiger partial charge in [0.2, 0.25) is 0 Å². The molecule has 1 aromatic heterocycles. The van der Waals surface area contributed by atoms with Gasteiger partial charge in [0.15, 0.2) is 0 Å². The maximum absolute atomic E-state index is 4.41. The first-order chi connectivity index (χ1) is 7.34. The highest BCUT2D eigenvalue weighted by Gasteiger charge is 2.12. The number of aromatic nitrogens is 1. The zero-order valence-electron chi connectivity index (χ0n) is 8.88. The Kier molecular flexibility index (Phi) is 4.15. The molecule has 0 aliphatic heterocycles. The second-order valence-corrected chi connectivity index (χ2v) is 4.98. The van der Waals surface area contributed by atoms with Crippen molar-refractivity contribution in [2.45, 2.75) is 44.7 Å². The van der Waals surface area contributed by atoms with Gasteiger partial charge in [0.05, 0.1) is 5.69 Å². The summed E-state index contributed by atoms with van der Waals surface area (Å²) in [5.41, 5.74) is 1.12. The Balaban J connectivity index is 1.81. The van der Waals surface area contributed by atoms with Crippen molar-refractivity contribution < 1.29 is 0 Å². The summed E-state index contributed by atoms with van der Waals surface area (Å²) in [6.45, 7) is 0.893. The monoisotopic (exact) mass is 268 g/mol. The number of hydrogen-bond acceptors (Lipinski definition) is 2. The summed E-state index contributed by atoms with van der Waals surface area (Å²) < 4.78 is 0.922. The minimum atomic E-state index is 0.708. The lowest BCUT2D eigenvalue weighted by molar-refractivity contribution is 0.371. The van der Waals surface area contributed by atoms with Crippen LogP contribution in [-0.2, 0) is 6.54 Å². The fourth-order valence-corrected chi connectivity index (χ4v) is 2.48. The van der Waals surface area contributed by atoms with Crippen molar-refractivity contribution in [3.63, 3.8) is 0 Å². The van der Waals surface area contributed by atoms with Crippen molar-refractivity contribution in [2.75, 3.05) is 0 Å². The molecular weight excluding hydrogens is 252 g/mol. The van der Waals surface area contributed by atoms with Crippen LogP contribution in [0.1, 0.15) is 37.8 Å². The van der Waals surface area contributed by atoms with Crippen LogP contribution in [0.15, 0.2) is 22.8 Å². The summed E-state index contributed by atoms with van der Waals surface area (Å²) in [7, 11) is 0. The second kappa shape index (κ2) is 5.61. The average Bonchev–Trinajstić information content (AvgIpc) is 2.28. The third-order valence-corrected chi connectivity index (χ3v) is 3.39. The Hall–Kier alpha value is -0.410. The largest absolute Gasteiger partial charge is 0.308 e. The summed E-state index contributed by atoms with van der Waals surface area (Å²) >= 11 is 3.39. The molecule has 1 aromatic rings. The lowest BCUT2D eigenvalue weighted by atomic mass is 9.95. The van der Waals surface area contributed by atoms with Gasteiger partial charge in [-0.05, 0) is 40.9 Å². The standard InChI is InChI=1S/C12H17BrN2/c13-12-8-4-7-11(15-12)9-14-10-5-2-1-3-6-10/h4,7-8,10,14H,1-3,5-6,9H2. The molecule has 15 heavy (non-hydrogen) atoms. The summed E-state index contributed by atoms with van der Waals surface area (Å²) in [5, 5.41) is 3.58. The second-order valence-electron chi connectivity index (χ2n) is 4.17. The van der Waals surface area contributed by atoms with Crippen LogP contribution < -0.4 is 5.32 Å². The Morgan fingerprint density at radius 2 is 2.07 bits per heavy atom. The van der Waals surface area contributed by atoms with Gasteiger partial charge >= 0.3 is 0 Å². The zero-order valence-corrected chi connectivity index (χ0v) is 10.5. The highest BCUT2D eigenvalue weighted by molar-refractivity contribution is 9.10.